The Morgan fingerprint density at radius 1 is 0.816 bits per heavy atom. The molecule has 10 heteroatoms. The first-order valence-electron chi connectivity index (χ1n) is 17.3. The van der Waals surface area contributed by atoms with Crippen LogP contribution in [0, 0.1) is 20.8 Å². The Morgan fingerprint density at radius 2 is 1.37 bits per heavy atom. The van der Waals surface area contributed by atoms with E-state index in [1.807, 2.05) is 65.0 Å². The van der Waals surface area contributed by atoms with Gasteiger partial charge in [0.05, 0.1) is 59.0 Å². The van der Waals surface area contributed by atoms with Crippen LogP contribution in [0.25, 0.3) is 5.57 Å². The van der Waals surface area contributed by atoms with Gasteiger partial charge in [-0.15, -0.1) is 0 Å². The molecule has 0 radical (unpaired) electrons. The summed E-state index contributed by atoms with van der Waals surface area (Å²) in [7, 11) is 0. The molecule has 2 aromatic carbocycles. The third-order valence-corrected chi connectivity index (χ3v) is 8.36. The van der Waals surface area contributed by atoms with E-state index in [9.17, 15) is 9.59 Å². The SMILES string of the molecule is Cc1cc(C)c(C2=C(OCc3ccccc3)C3(CCC(OCCOCCOCCOCCOCC(=O)OC(C)(C)C)CC3)OC2=O)c(C)c1. The molecule has 0 unspecified atom stereocenters. The number of hydrogen-bond donors (Lipinski definition) is 0. The number of hydrogen-bond acceptors (Lipinski definition) is 10. The Hall–Kier alpha value is -3.28. The zero-order valence-corrected chi connectivity index (χ0v) is 30.1. The molecular weight excluding hydrogens is 628 g/mol. The summed E-state index contributed by atoms with van der Waals surface area (Å²) < 4.78 is 46.0. The zero-order valence-electron chi connectivity index (χ0n) is 30.1. The second-order valence-electron chi connectivity index (χ2n) is 13.7. The summed E-state index contributed by atoms with van der Waals surface area (Å²) in [6, 6.07) is 14.2. The van der Waals surface area contributed by atoms with Crippen LogP contribution in [-0.4, -0.2) is 88.7 Å². The van der Waals surface area contributed by atoms with Crippen LogP contribution in [0.15, 0.2) is 48.2 Å². The average molecular weight is 683 g/mol. The van der Waals surface area contributed by atoms with Crippen molar-refractivity contribution in [2.45, 2.75) is 91.1 Å². The lowest BCUT2D eigenvalue weighted by Crippen LogP contribution is -2.40. The van der Waals surface area contributed by atoms with Crippen molar-refractivity contribution in [2.24, 2.45) is 0 Å². The van der Waals surface area contributed by atoms with Crippen molar-refractivity contribution in [2.75, 3.05) is 59.5 Å². The van der Waals surface area contributed by atoms with Gasteiger partial charge in [-0.1, -0.05) is 48.0 Å². The van der Waals surface area contributed by atoms with Gasteiger partial charge < -0.3 is 37.9 Å². The van der Waals surface area contributed by atoms with E-state index < -0.39 is 17.2 Å². The molecule has 2 aromatic rings. The molecular formula is C39H54O10. The van der Waals surface area contributed by atoms with Crippen molar-refractivity contribution in [3.63, 3.8) is 0 Å². The molecule has 4 rings (SSSR count). The monoisotopic (exact) mass is 682 g/mol. The third-order valence-electron chi connectivity index (χ3n) is 8.36. The molecule has 0 saturated heterocycles. The summed E-state index contributed by atoms with van der Waals surface area (Å²) in [5, 5.41) is 0. The van der Waals surface area contributed by atoms with Crippen LogP contribution in [0.5, 0.6) is 0 Å². The van der Waals surface area contributed by atoms with Crippen molar-refractivity contribution < 1.29 is 47.5 Å². The van der Waals surface area contributed by atoms with E-state index >= 15 is 0 Å². The van der Waals surface area contributed by atoms with Gasteiger partial charge in [0, 0.05) is 0 Å². The number of carbonyl (C=O) groups excluding carboxylic acids is 2. The number of benzene rings is 2. The quantitative estimate of drug-likeness (QED) is 0.126. The van der Waals surface area contributed by atoms with E-state index in [1.54, 1.807) is 0 Å². The minimum atomic E-state index is -0.796. The first kappa shape index (κ1) is 38.5. The van der Waals surface area contributed by atoms with Crippen molar-refractivity contribution in [3.8, 4) is 0 Å². The van der Waals surface area contributed by atoms with Crippen molar-refractivity contribution in [3.05, 3.63) is 76.0 Å². The second kappa shape index (κ2) is 18.6. The molecule has 0 amide bonds. The normalized spacial score (nSPS) is 19.4. The van der Waals surface area contributed by atoms with Gasteiger partial charge in [0.2, 0.25) is 0 Å². The molecule has 1 aliphatic carbocycles. The highest BCUT2D eigenvalue weighted by atomic mass is 16.6. The number of carbonyl (C=O) groups is 2. The summed E-state index contributed by atoms with van der Waals surface area (Å²) in [6.45, 7) is 15.3. The van der Waals surface area contributed by atoms with Crippen molar-refractivity contribution >= 4 is 17.5 Å². The lowest BCUT2D eigenvalue weighted by Gasteiger charge is -2.37. The number of aryl methyl sites for hydroxylation is 3. The highest BCUT2D eigenvalue weighted by molar-refractivity contribution is 6.20. The Kier molecular flexibility index (Phi) is 14.7. The van der Waals surface area contributed by atoms with E-state index in [4.69, 9.17) is 37.9 Å². The predicted octanol–water partition coefficient (Wildman–Crippen LogP) is 6.20. The largest absolute Gasteiger partial charge is 0.488 e. The zero-order chi connectivity index (χ0) is 35.3. The predicted molar refractivity (Wildman–Crippen MR) is 185 cm³/mol. The van der Waals surface area contributed by atoms with E-state index in [0.29, 0.717) is 83.6 Å². The standard InChI is InChI=1S/C39H54O10/c1-28-24-29(2)34(30(3)25-28)35-36(47-26-31-10-8-7-9-11-31)39(49-37(35)41)14-12-32(13-15-39)46-23-22-44-19-18-42-16-17-43-20-21-45-27-33(40)48-38(4,5)6/h7-11,24-25,32H,12-23,26-27H2,1-6H3. The number of rotatable bonds is 19. The maximum Gasteiger partial charge on any atom is 0.343 e. The fraction of sp³-hybridized carbons (Fsp3) is 0.590. The van der Waals surface area contributed by atoms with Crippen LogP contribution in [-0.2, 0) is 54.1 Å². The van der Waals surface area contributed by atoms with E-state index in [0.717, 1.165) is 40.7 Å². The van der Waals surface area contributed by atoms with Gasteiger partial charge in [-0.05, 0) is 89.5 Å². The number of esters is 2. The molecule has 0 bridgehead atoms. The minimum Gasteiger partial charge on any atom is -0.488 e. The van der Waals surface area contributed by atoms with E-state index in [-0.39, 0.29) is 18.7 Å². The molecule has 1 fully saturated rings. The van der Waals surface area contributed by atoms with Gasteiger partial charge in [0.1, 0.15) is 24.4 Å². The first-order valence-corrected chi connectivity index (χ1v) is 17.3. The molecule has 10 nitrogen and oxygen atoms in total. The van der Waals surface area contributed by atoms with Crippen molar-refractivity contribution in [1.29, 1.82) is 0 Å². The average Bonchev–Trinajstić information content (AvgIpc) is 3.29. The number of ether oxygens (including phenoxy) is 8. The summed E-state index contributed by atoms with van der Waals surface area (Å²) in [5.74, 6) is -0.0575. The maximum absolute atomic E-state index is 13.6. The fourth-order valence-corrected chi connectivity index (χ4v) is 6.33. The minimum absolute atomic E-state index is 0.0525. The van der Waals surface area contributed by atoms with Crippen LogP contribution in [0.1, 0.15) is 74.3 Å². The van der Waals surface area contributed by atoms with Crippen LogP contribution in [0.4, 0.5) is 0 Å². The topological polar surface area (TPSA) is 108 Å². The summed E-state index contributed by atoms with van der Waals surface area (Å²) in [5.41, 5.74) is 4.41. The molecule has 1 heterocycles. The third kappa shape index (κ3) is 11.9. The van der Waals surface area contributed by atoms with E-state index in [1.165, 1.54) is 0 Å². The molecule has 0 N–H and O–H groups in total. The van der Waals surface area contributed by atoms with Crippen LogP contribution < -0.4 is 0 Å². The molecule has 1 aliphatic heterocycles. The molecule has 270 valence electrons. The molecule has 0 atom stereocenters. The first-order chi connectivity index (χ1) is 23.5. The van der Waals surface area contributed by atoms with Gasteiger partial charge >= 0.3 is 11.9 Å². The Morgan fingerprint density at radius 3 is 1.94 bits per heavy atom. The van der Waals surface area contributed by atoms with Gasteiger partial charge in [-0.3, -0.25) is 0 Å². The summed E-state index contributed by atoms with van der Waals surface area (Å²) in [6.07, 6.45) is 2.82. The van der Waals surface area contributed by atoms with Crippen LogP contribution in [0.3, 0.4) is 0 Å². The highest BCUT2D eigenvalue weighted by Gasteiger charge is 2.52. The Labute approximate surface area is 291 Å². The highest BCUT2D eigenvalue weighted by Crippen LogP contribution is 2.48. The maximum atomic E-state index is 13.6. The van der Waals surface area contributed by atoms with Gasteiger partial charge in [0.15, 0.2) is 11.4 Å². The second-order valence-corrected chi connectivity index (χ2v) is 13.7. The smallest absolute Gasteiger partial charge is 0.343 e. The molecule has 49 heavy (non-hydrogen) atoms. The molecule has 1 spiro atoms. The molecule has 0 aromatic heterocycles. The van der Waals surface area contributed by atoms with Gasteiger partial charge in [-0.25, -0.2) is 9.59 Å². The van der Waals surface area contributed by atoms with E-state index in [2.05, 4.69) is 19.1 Å². The van der Waals surface area contributed by atoms with Crippen LogP contribution in [0.2, 0.25) is 0 Å². The van der Waals surface area contributed by atoms with Crippen molar-refractivity contribution in [1.82, 2.24) is 0 Å². The lowest BCUT2D eigenvalue weighted by atomic mass is 9.80. The lowest BCUT2D eigenvalue weighted by molar-refractivity contribution is -0.160. The Balaban J connectivity index is 1.15. The summed E-state index contributed by atoms with van der Waals surface area (Å²) in [4.78, 5) is 25.2. The molecule has 1 saturated carbocycles. The fourth-order valence-electron chi connectivity index (χ4n) is 6.33. The van der Waals surface area contributed by atoms with Gasteiger partial charge in [-0.2, -0.15) is 0 Å². The van der Waals surface area contributed by atoms with Gasteiger partial charge in [0.25, 0.3) is 0 Å². The Bertz CT molecular complexity index is 1360. The van der Waals surface area contributed by atoms with Crippen LogP contribution >= 0.6 is 0 Å². The molecule has 2 aliphatic rings. The summed E-state index contributed by atoms with van der Waals surface area (Å²) >= 11 is 0.